The van der Waals surface area contributed by atoms with Gasteiger partial charge >= 0.3 is 0 Å². The second-order valence-corrected chi connectivity index (χ2v) is 7.38. The first-order chi connectivity index (χ1) is 13.6. The van der Waals surface area contributed by atoms with E-state index in [2.05, 4.69) is 10.2 Å². The largest absolute Gasteiger partial charge is 0.497 e. The van der Waals surface area contributed by atoms with E-state index in [0.717, 1.165) is 24.4 Å². The monoisotopic (exact) mass is 379 g/mol. The lowest BCUT2D eigenvalue weighted by Gasteiger charge is -2.45. The summed E-state index contributed by atoms with van der Waals surface area (Å²) in [6.45, 7) is 2.66. The Labute approximate surface area is 165 Å². The van der Waals surface area contributed by atoms with Crippen molar-refractivity contribution >= 4 is 11.8 Å². The maximum atomic E-state index is 12.9. The Morgan fingerprint density at radius 3 is 2.46 bits per heavy atom. The molecular formula is C22H25N3O3. The van der Waals surface area contributed by atoms with Crippen LogP contribution in [0, 0.1) is 0 Å². The van der Waals surface area contributed by atoms with Gasteiger partial charge in [-0.25, -0.2) is 0 Å². The highest BCUT2D eigenvalue weighted by molar-refractivity contribution is 5.97. The summed E-state index contributed by atoms with van der Waals surface area (Å²) < 4.78 is 5.20. The Morgan fingerprint density at radius 1 is 1.00 bits per heavy atom. The number of piperazine rings is 2. The molecule has 4 rings (SSSR count). The highest BCUT2D eigenvalue weighted by Gasteiger charge is 2.43. The molecule has 2 fully saturated rings. The van der Waals surface area contributed by atoms with E-state index in [1.165, 1.54) is 5.56 Å². The van der Waals surface area contributed by atoms with Crippen LogP contribution in [0.25, 0.3) is 0 Å². The lowest BCUT2D eigenvalue weighted by Crippen LogP contribution is -2.69. The molecule has 6 nitrogen and oxygen atoms in total. The van der Waals surface area contributed by atoms with Crippen molar-refractivity contribution in [1.29, 1.82) is 0 Å². The summed E-state index contributed by atoms with van der Waals surface area (Å²) in [6, 6.07) is 16.9. The molecule has 0 radical (unpaired) electrons. The van der Waals surface area contributed by atoms with Gasteiger partial charge in [-0.1, -0.05) is 42.5 Å². The summed E-state index contributed by atoms with van der Waals surface area (Å²) >= 11 is 0. The quantitative estimate of drug-likeness (QED) is 0.854. The smallest absolute Gasteiger partial charge is 0.246 e. The Balaban J connectivity index is 1.40. The molecule has 2 aromatic carbocycles. The number of benzene rings is 2. The number of ether oxygens (including phenoxy) is 1. The molecule has 28 heavy (non-hydrogen) atoms. The predicted molar refractivity (Wildman–Crippen MR) is 106 cm³/mol. The normalized spacial score (nSPS) is 22.5. The van der Waals surface area contributed by atoms with Crippen molar-refractivity contribution < 1.29 is 14.3 Å². The third-order valence-corrected chi connectivity index (χ3v) is 5.51. The summed E-state index contributed by atoms with van der Waals surface area (Å²) in [7, 11) is 1.65. The average molecular weight is 379 g/mol. The summed E-state index contributed by atoms with van der Waals surface area (Å²) in [5.74, 6) is 0.799. The van der Waals surface area contributed by atoms with Gasteiger partial charge in [0.25, 0.3) is 0 Å². The molecule has 2 aromatic rings. The SMILES string of the molecule is COc1ccc(CN2CCN3C(=O)[C@H](Cc4ccccc4)NC(=O)[C@H]3C2)cc1. The second kappa shape index (κ2) is 8.02. The molecule has 0 unspecified atom stereocenters. The minimum Gasteiger partial charge on any atom is -0.497 e. The van der Waals surface area contributed by atoms with Crippen LogP contribution in [0.2, 0.25) is 0 Å². The van der Waals surface area contributed by atoms with Gasteiger partial charge in [0.2, 0.25) is 11.8 Å². The van der Waals surface area contributed by atoms with Gasteiger partial charge in [0.15, 0.2) is 0 Å². The maximum absolute atomic E-state index is 12.9. The van der Waals surface area contributed by atoms with E-state index in [4.69, 9.17) is 4.74 Å². The van der Waals surface area contributed by atoms with E-state index in [-0.39, 0.29) is 11.8 Å². The second-order valence-electron chi connectivity index (χ2n) is 7.38. The minimum absolute atomic E-state index is 0.0255. The number of hydrogen-bond acceptors (Lipinski definition) is 4. The average Bonchev–Trinajstić information content (AvgIpc) is 2.73. The van der Waals surface area contributed by atoms with E-state index in [0.29, 0.717) is 19.5 Å². The molecule has 0 aliphatic carbocycles. The van der Waals surface area contributed by atoms with E-state index < -0.39 is 12.1 Å². The number of amides is 2. The minimum atomic E-state index is -0.473. The van der Waals surface area contributed by atoms with Crippen LogP contribution in [0.1, 0.15) is 11.1 Å². The van der Waals surface area contributed by atoms with Crippen LogP contribution >= 0.6 is 0 Å². The number of rotatable bonds is 5. The molecule has 2 saturated heterocycles. The first kappa shape index (κ1) is 18.5. The molecule has 146 valence electrons. The number of fused-ring (bicyclic) bond motifs is 1. The lowest BCUT2D eigenvalue weighted by molar-refractivity contribution is -0.153. The fourth-order valence-electron chi connectivity index (χ4n) is 3.98. The van der Waals surface area contributed by atoms with Crippen molar-refractivity contribution in [3.05, 3.63) is 65.7 Å². The Bertz CT molecular complexity index is 838. The maximum Gasteiger partial charge on any atom is 0.246 e. The third kappa shape index (κ3) is 3.87. The van der Waals surface area contributed by atoms with Crippen molar-refractivity contribution in [3.8, 4) is 5.75 Å². The van der Waals surface area contributed by atoms with Crippen LogP contribution in [0.3, 0.4) is 0 Å². The van der Waals surface area contributed by atoms with Crippen molar-refractivity contribution in [1.82, 2.24) is 15.1 Å². The van der Waals surface area contributed by atoms with Crippen LogP contribution in [-0.2, 0) is 22.6 Å². The first-order valence-electron chi connectivity index (χ1n) is 9.64. The van der Waals surface area contributed by atoms with Crippen molar-refractivity contribution in [2.75, 3.05) is 26.7 Å². The van der Waals surface area contributed by atoms with Gasteiger partial charge in [0.1, 0.15) is 17.8 Å². The standard InChI is InChI=1S/C22H25N3O3/c1-28-18-9-7-17(8-10-18)14-24-11-12-25-20(15-24)21(26)23-19(22(25)27)13-16-5-3-2-4-6-16/h2-10,19-20H,11-15H2,1H3,(H,23,26)/t19-,20+/m0/s1. The molecule has 2 heterocycles. The van der Waals surface area contributed by atoms with Gasteiger partial charge in [-0.3, -0.25) is 14.5 Å². The molecular weight excluding hydrogens is 354 g/mol. The molecule has 0 aromatic heterocycles. The number of nitrogens with zero attached hydrogens (tertiary/aromatic N) is 2. The first-order valence-corrected chi connectivity index (χ1v) is 9.64. The zero-order valence-corrected chi connectivity index (χ0v) is 16.0. The lowest BCUT2D eigenvalue weighted by atomic mass is 9.98. The third-order valence-electron chi connectivity index (χ3n) is 5.51. The zero-order valence-electron chi connectivity index (χ0n) is 16.0. The van der Waals surface area contributed by atoms with Crippen LogP contribution in [-0.4, -0.2) is 60.4 Å². The molecule has 2 aliphatic rings. The topological polar surface area (TPSA) is 61.9 Å². The number of hydrogen-bond donors (Lipinski definition) is 1. The van der Waals surface area contributed by atoms with E-state index >= 15 is 0 Å². The van der Waals surface area contributed by atoms with Crippen molar-refractivity contribution in [3.63, 3.8) is 0 Å². The highest BCUT2D eigenvalue weighted by atomic mass is 16.5. The van der Waals surface area contributed by atoms with E-state index in [1.807, 2.05) is 54.6 Å². The highest BCUT2D eigenvalue weighted by Crippen LogP contribution is 2.20. The van der Waals surface area contributed by atoms with Crippen LogP contribution in [0.4, 0.5) is 0 Å². The van der Waals surface area contributed by atoms with Crippen LogP contribution < -0.4 is 10.1 Å². The number of nitrogens with one attached hydrogen (secondary N) is 1. The molecule has 0 bridgehead atoms. The van der Waals surface area contributed by atoms with Gasteiger partial charge in [-0.2, -0.15) is 0 Å². The Hall–Kier alpha value is -2.86. The zero-order chi connectivity index (χ0) is 19.5. The van der Waals surface area contributed by atoms with Gasteiger partial charge in [0.05, 0.1) is 7.11 Å². The number of methoxy groups -OCH3 is 1. The van der Waals surface area contributed by atoms with Gasteiger partial charge in [-0.05, 0) is 23.3 Å². The van der Waals surface area contributed by atoms with Gasteiger partial charge < -0.3 is 15.0 Å². The molecule has 0 spiro atoms. The van der Waals surface area contributed by atoms with Gasteiger partial charge in [0, 0.05) is 32.6 Å². The molecule has 1 N–H and O–H groups in total. The molecule has 6 heteroatoms. The van der Waals surface area contributed by atoms with Crippen molar-refractivity contribution in [2.24, 2.45) is 0 Å². The Kier molecular flexibility index (Phi) is 5.30. The van der Waals surface area contributed by atoms with Crippen LogP contribution in [0.5, 0.6) is 5.75 Å². The predicted octanol–water partition coefficient (Wildman–Crippen LogP) is 1.45. The molecule has 2 atom stereocenters. The van der Waals surface area contributed by atoms with E-state index in [1.54, 1.807) is 12.0 Å². The summed E-state index contributed by atoms with van der Waals surface area (Å²) in [5, 5.41) is 2.94. The fraction of sp³-hybridized carbons (Fsp3) is 0.364. The van der Waals surface area contributed by atoms with Gasteiger partial charge in [-0.15, -0.1) is 0 Å². The fourth-order valence-corrected chi connectivity index (χ4v) is 3.98. The summed E-state index contributed by atoms with van der Waals surface area (Å²) in [4.78, 5) is 29.6. The molecule has 0 saturated carbocycles. The van der Waals surface area contributed by atoms with Crippen LogP contribution in [0.15, 0.2) is 54.6 Å². The number of carbonyl (C=O) groups excluding carboxylic acids is 2. The summed E-state index contributed by atoms with van der Waals surface area (Å²) in [6.07, 6.45) is 0.532. The van der Waals surface area contributed by atoms with E-state index in [9.17, 15) is 9.59 Å². The summed E-state index contributed by atoms with van der Waals surface area (Å²) in [5.41, 5.74) is 2.22. The Morgan fingerprint density at radius 2 is 1.75 bits per heavy atom. The number of carbonyl (C=O) groups is 2. The van der Waals surface area contributed by atoms with Crippen molar-refractivity contribution in [2.45, 2.75) is 25.0 Å². The molecule has 2 amide bonds. The molecule has 2 aliphatic heterocycles.